The fraction of sp³-hybridized carbons (Fsp3) is 0.760. The van der Waals surface area contributed by atoms with Gasteiger partial charge in [0.15, 0.2) is 17.6 Å². The molecule has 1 aromatic heterocycles. The van der Waals surface area contributed by atoms with E-state index >= 15 is 0 Å². The van der Waals surface area contributed by atoms with Crippen molar-refractivity contribution in [3.63, 3.8) is 0 Å². The minimum atomic E-state index is -0.909. The van der Waals surface area contributed by atoms with E-state index in [1.54, 1.807) is 0 Å². The van der Waals surface area contributed by atoms with E-state index in [9.17, 15) is 9.59 Å². The largest absolute Gasteiger partial charge is 0.464 e. The summed E-state index contributed by atoms with van der Waals surface area (Å²) < 4.78 is 24.9. The van der Waals surface area contributed by atoms with E-state index in [1.165, 1.54) is 10.8 Å². The summed E-state index contributed by atoms with van der Waals surface area (Å²) in [6.45, 7) is 6.34. The first-order chi connectivity index (χ1) is 17.6. The van der Waals surface area contributed by atoms with Crippen LogP contribution in [0.4, 0.5) is 0 Å². The zero-order valence-electron chi connectivity index (χ0n) is 21.2. The fourth-order valence-electron chi connectivity index (χ4n) is 6.33. The number of fused-ring (bicyclic) bond motifs is 2. The number of carbonyl (C=O) groups is 2. The highest BCUT2D eigenvalue weighted by Crippen LogP contribution is 2.60. The Balaban J connectivity index is 1.15. The van der Waals surface area contributed by atoms with Crippen molar-refractivity contribution >= 4 is 23.5 Å². The molecule has 5 heterocycles. The van der Waals surface area contributed by atoms with Crippen molar-refractivity contribution in [2.45, 2.75) is 89.8 Å². The van der Waals surface area contributed by atoms with Crippen molar-refractivity contribution in [2.75, 3.05) is 6.61 Å². The number of carbonyl (C=O) groups excluding carboxylic acids is 2. The van der Waals surface area contributed by atoms with Crippen molar-refractivity contribution in [3.8, 4) is 6.07 Å². The summed E-state index contributed by atoms with van der Waals surface area (Å²) in [7, 11) is 0. The average molecular weight is 538 g/mol. The lowest BCUT2D eigenvalue weighted by Gasteiger charge is -2.59. The Kier molecular flexibility index (Phi) is 7.24. The molecule has 0 amide bonds. The summed E-state index contributed by atoms with van der Waals surface area (Å²) in [6, 6.07) is 1.89. The Morgan fingerprint density at radius 2 is 2.00 bits per heavy atom. The van der Waals surface area contributed by atoms with Crippen LogP contribution in [0.5, 0.6) is 0 Å². The maximum absolute atomic E-state index is 12.6. The molecule has 4 saturated heterocycles. The standard InChI is InChI=1S/C25H32ClN3O8/c1-14-4-5-18-15(2)21(34-22-25(18)17(14)8-9-24(3,35-22)36-37-25)33-20(31)7-6-19(30)32-11-10-29-13-16(12-27)28-23(29)26/h13-15,17-18,21-22H,4-11H2,1-3H3/t14-,15-,17+,18+,21-,22-,24-,25-/m1/s1. The molecule has 1 spiro atoms. The van der Waals surface area contributed by atoms with Gasteiger partial charge in [-0.3, -0.25) is 9.59 Å². The molecule has 5 aliphatic rings. The van der Waals surface area contributed by atoms with Crippen LogP contribution >= 0.6 is 11.6 Å². The third-order valence-corrected chi connectivity index (χ3v) is 8.62. The second kappa shape index (κ2) is 10.2. The molecule has 11 nitrogen and oxygen atoms in total. The molecule has 5 fully saturated rings. The maximum atomic E-state index is 12.6. The van der Waals surface area contributed by atoms with Crippen molar-refractivity contribution in [1.29, 1.82) is 5.26 Å². The van der Waals surface area contributed by atoms with Gasteiger partial charge in [0.05, 0.1) is 19.4 Å². The third kappa shape index (κ3) is 4.86. The lowest BCUT2D eigenvalue weighted by atomic mass is 9.58. The van der Waals surface area contributed by atoms with Crippen LogP contribution < -0.4 is 0 Å². The van der Waals surface area contributed by atoms with Crippen molar-refractivity contribution in [2.24, 2.45) is 23.7 Å². The number of nitrogens with zero attached hydrogens (tertiary/aromatic N) is 3. The third-order valence-electron chi connectivity index (χ3n) is 8.32. The minimum absolute atomic E-state index is 0.0286. The quantitative estimate of drug-likeness (QED) is 0.376. The summed E-state index contributed by atoms with van der Waals surface area (Å²) >= 11 is 5.93. The Hall–Kier alpha value is -2.23. The number of esters is 2. The summed E-state index contributed by atoms with van der Waals surface area (Å²) in [5, 5.41) is 9.00. The summed E-state index contributed by atoms with van der Waals surface area (Å²) in [5.74, 6) is -1.46. The molecule has 1 aromatic rings. The SMILES string of the molecule is C[C@H]1[C@H](OC(=O)CCC(=O)OCCn2cc(C#N)nc2Cl)O[C@@H]2O[C@@]3(C)CC[C@H]4[C@H](C)CC[C@@H]1[C@@]24OO3. The van der Waals surface area contributed by atoms with Crippen LogP contribution in [0.2, 0.25) is 5.28 Å². The predicted octanol–water partition coefficient (Wildman–Crippen LogP) is 3.48. The summed E-state index contributed by atoms with van der Waals surface area (Å²) in [5.41, 5.74) is -0.552. The van der Waals surface area contributed by atoms with Gasteiger partial charge in [-0.15, -0.1) is 0 Å². The van der Waals surface area contributed by atoms with Gasteiger partial charge in [-0.1, -0.05) is 13.8 Å². The van der Waals surface area contributed by atoms with Gasteiger partial charge < -0.3 is 23.5 Å². The van der Waals surface area contributed by atoms with Crippen LogP contribution in [0.25, 0.3) is 0 Å². The first-order valence-electron chi connectivity index (χ1n) is 12.8. The highest BCUT2D eigenvalue weighted by atomic mass is 35.5. The zero-order valence-corrected chi connectivity index (χ0v) is 21.9. The Morgan fingerprint density at radius 3 is 2.76 bits per heavy atom. The second-order valence-electron chi connectivity index (χ2n) is 10.7. The number of rotatable bonds is 7. The zero-order chi connectivity index (χ0) is 26.4. The number of halogens is 1. The van der Waals surface area contributed by atoms with Crippen molar-refractivity contribution < 1.29 is 38.3 Å². The molecule has 202 valence electrons. The number of ether oxygens (including phenoxy) is 4. The topological polar surface area (TPSA) is 131 Å². The van der Waals surface area contributed by atoms with Crippen LogP contribution in [-0.4, -0.2) is 52.1 Å². The Bertz CT molecular complexity index is 1090. The fourth-order valence-corrected chi connectivity index (χ4v) is 6.56. The molecule has 6 rings (SSSR count). The van der Waals surface area contributed by atoms with Crippen LogP contribution in [0.15, 0.2) is 6.20 Å². The average Bonchev–Trinajstić information content (AvgIpc) is 3.07. The van der Waals surface area contributed by atoms with E-state index in [-0.39, 0.29) is 54.7 Å². The van der Waals surface area contributed by atoms with Gasteiger partial charge in [0.25, 0.3) is 0 Å². The number of hydrogen-bond acceptors (Lipinski definition) is 10. The Labute approximate surface area is 220 Å². The molecular formula is C25H32ClN3O8. The van der Waals surface area contributed by atoms with E-state index in [1.807, 2.05) is 19.9 Å². The minimum Gasteiger partial charge on any atom is -0.464 e. The maximum Gasteiger partial charge on any atom is 0.308 e. The van der Waals surface area contributed by atoms with Crippen molar-refractivity contribution in [1.82, 2.24) is 9.55 Å². The van der Waals surface area contributed by atoms with E-state index in [4.69, 9.17) is 45.6 Å². The van der Waals surface area contributed by atoms with Gasteiger partial charge in [-0.05, 0) is 49.6 Å². The number of aromatic nitrogens is 2. The predicted molar refractivity (Wildman–Crippen MR) is 125 cm³/mol. The molecule has 12 heteroatoms. The second-order valence-corrected chi connectivity index (χ2v) is 11.0. The van der Waals surface area contributed by atoms with Crippen LogP contribution in [0.1, 0.15) is 65.0 Å². The first kappa shape index (κ1) is 26.4. The normalized spacial score (nSPS) is 38.2. The van der Waals surface area contributed by atoms with E-state index in [0.717, 1.165) is 19.3 Å². The summed E-state index contributed by atoms with van der Waals surface area (Å²) in [4.78, 5) is 40.5. The van der Waals surface area contributed by atoms with Gasteiger partial charge in [-0.25, -0.2) is 14.8 Å². The van der Waals surface area contributed by atoms with Gasteiger partial charge >= 0.3 is 11.9 Å². The molecule has 8 atom stereocenters. The molecule has 0 aromatic carbocycles. The molecule has 0 N–H and O–H groups in total. The van der Waals surface area contributed by atoms with Gasteiger partial charge in [0.2, 0.25) is 17.4 Å². The lowest BCUT2D eigenvalue weighted by Crippen LogP contribution is -2.70. The molecular weight excluding hydrogens is 506 g/mol. The lowest BCUT2D eigenvalue weighted by molar-refractivity contribution is -0.576. The van der Waals surface area contributed by atoms with Crippen LogP contribution in [0, 0.1) is 35.0 Å². The van der Waals surface area contributed by atoms with Crippen LogP contribution in [-0.2, 0) is 44.9 Å². The molecule has 1 aliphatic carbocycles. The van der Waals surface area contributed by atoms with E-state index < -0.39 is 35.9 Å². The number of hydrogen-bond donors (Lipinski definition) is 0. The highest BCUT2D eigenvalue weighted by molar-refractivity contribution is 6.28. The van der Waals surface area contributed by atoms with E-state index in [0.29, 0.717) is 12.3 Å². The summed E-state index contributed by atoms with van der Waals surface area (Å²) in [6.07, 6.45) is 3.21. The molecule has 0 radical (unpaired) electrons. The highest BCUT2D eigenvalue weighted by Gasteiger charge is 2.69. The number of imidazole rings is 1. The molecule has 4 aliphatic heterocycles. The molecule has 0 unspecified atom stereocenters. The van der Waals surface area contributed by atoms with Crippen LogP contribution in [0.3, 0.4) is 0 Å². The molecule has 1 saturated carbocycles. The van der Waals surface area contributed by atoms with E-state index in [2.05, 4.69) is 11.9 Å². The van der Waals surface area contributed by atoms with Crippen molar-refractivity contribution in [3.05, 3.63) is 17.2 Å². The molecule has 37 heavy (non-hydrogen) atoms. The first-order valence-corrected chi connectivity index (χ1v) is 13.2. The van der Waals surface area contributed by atoms with Gasteiger partial charge in [0, 0.05) is 24.5 Å². The smallest absolute Gasteiger partial charge is 0.308 e. The van der Waals surface area contributed by atoms with Gasteiger partial charge in [0.1, 0.15) is 12.7 Å². The van der Waals surface area contributed by atoms with Gasteiger partial charge in [-0.2, -0.15) is 5.26 Å². The Morgan fingerprint density at radius 1 is 1.22 bits per heavy atom. The monoisotopic (exact) mass is 537 g/mol. The molecule has 2 bridgehead atoms. The number of nitriles is 1.